The number of rotatable bonds is 11. The minimum atomic E-state index is -1.93. The third-order valence-corrected chi connectivity index (χ3v) is 6.29. The Labute approximate surface area is 247 Å². The lowest BCUT2D eigenvalue weighted by atomic mass is 9.94. The fraction of sp³-hybridized carbons (Fsp3) is 0.310. The number of nitrogens with one attached hydrogen (secondary N) is 1. The van der Waals surface area contributed by atoms with Gasteiger partial charge in [-0.15, -0.1) is 0 Å². The summed E-state index contributed by atoms with van der Waals surface area (Å²) in [4.78, 5) is 19.0. The van der Waals surface area contributed by atoms with Crippen LogP contribution in [0, 0.1) is 5.82 Å². The molecule has 1 unspecified atom stereocenters. The van der Waals surface area contributed by atoms with Gasteiger partial charge in [-0.25, -0.2) is 9.37 Å². The summed E-state index contributed by atoms with van der Waals surface area (Å²) in [6.07, 6.45) is 1.36. The minimum absolute atomic E-state index is 0.0635. The molecule has 0 fully saturated rings. The molecule has 0 aliphatic heterocycles. The van der Waals surface area contributed by atoms with E-state index in [1.54, 1.807) is 19.2 Å². The fourth-order valence-corrected chi connectivity index (χ4v) is 4.11. The summed E-state index contributed by atoms with van der Waals surface area (Å²) in [5, 5.41) is 31.9. The highest BCUT2D eigenvalue weighted by atomic mass is 35.5. The first-order valence-corrected chi connectivity index (χ1v) is 13.4. The highest BCUT2D eigenvalue weighted by Gasteiger charge is 2.37. The van der Waals surface area contributed by atoms with Gasteiger partial charge in [0.1, 0.15) is 29.6 Å². The first-order valence-electron chi connectivity index (χ1n) is 13.0. The van der Waals surface area contributed by atoms with E-state index in [9.17, 15) is 14.3 Å². The summed E-state index contributed by atoms with van der Waals surface area (Å²) in [5.74, 6) is -0.102. The summed E-state index contributed by atoms with van der Waals surface area (Å²) in [5.41, 5.74) is -0.705. The molecular formula is C29H33ClFN5O6. The van der Waals surface area contributed by atoms with Crippen LogP contribution < -0.4 is 19.5 Å². The lowest BCUT2D eigenvalue weighted by Crippen LogP contribution is -2.42. The van der Waals surface area contributed by atoms with Gasteiger partial charge < -0.3 is 29.7 Å². The average molecular weight is 602 g/mol. The third-order valence-electron chi connectivity index (χ3n) is 6.00. The molecule has 3 N–H and O–H groups in total. The summed E-state index contributed by atoms with van der Waals surface area (Å²) in [6, 6.07) is 11.8. The zero-order valence-corrected chi connectivity index (χ0v) is 24.6. The Bertz CT molecular complexity index is 1520. The van der Waals surface area contributed by atoms with Crippen LogP contribution in [0.1, 0.15) is 35.6 Å². The van der Waals surface area contributed by atoms with Crippen LogP contribution >= 0.6 is 11.6 Å². The van der Waals surface area contributed by atoms with Gasteiger partial charge in [0, 0.05) is 18.2 Å². The SMILES string of the molecule is CC.COc1cc(C(=O)NCC(O)(c2ccc(OC)c(-c3ccc(F)c(Cl)c3)n2)c2cnn(C)n2)ccc1OCCO. The van der Waals surface area contributed by atoms with E-state index in [1.165, 1.54) is 61.6 Å². The molecule has 1 amide bonds. The number of benzene rings is 2. The van der Waals surface area contributed by atoms with E-state index in [2.05, 4.69) is 20.5 Å². The van der Waals surface area contributed by atoms with Crippen molar-refractivity contribution in [2.45, 2.75) is 19.4 Å². The lowest BCUT2D eigenvalue weighted by Gasteiger charge is -2.27. The average Bonchev–Trinajstić information content (AvgIpc) is 3.47. The van der Waals surface area contributed by atoms with Crippen LogP contribution in [0.2, 0.25) is 5.02 Å². The molecule has 2 heterocycles. The maximum absolute atomic E-state index is 13.8. The highest BCUT2D eigenvalue weighted by molar-refractivity contribution is 6.31. The predicted molar refractivity (Wildman–Crippen MR) is 154 cm³/mol. The number of aryl methyl sites for hydroxylation is 1. The van der Waals surface area contributed by atoms with Gasteiger partial charge in [-0.3, -0.25) is 4.79 Å². The molecule has 0 aliphatic carbocycles. The molecular weight excluding hydrogens is 569 g/mol. The van der Waals surface area contributed by atoms with E-state index in [0.29, 0.717) is 28.5 Å². The second-order valence-corrected chi connectivity index (χ2v) is 8.98. The fourth-order valence-electron chi connectivity index (χ4n) is 3.93. The Hall–Kier alpha value is -4.26. The summed E-state index contributed by atoms with van der Waals surface area (Å²) >= 11 is 6.00. The molecule has 13 heteroatoms. The molecule has 0 aliphatic rings. The Kier molecular flexibility index (Phi) is 11.2. The van der Waals surface area contributed by atoms with E-state index in [-0.39, 0.29) is 41.7 Å². The Balaban J connectivity index is 0.00000237. The van der Waals surface area contributed by atoms with E-state index < -0.39 is 17.3 Å². The van der Waals surface area contributed by atoms with Crippen molar-refractivity contribution in [2.24, 2.45) is 7.05 Å². The standard InChI is InChI=1S/C27H27ClFN5O6.C2H6/c1-34-31-14-24(33-34)27(37,15-30-26(36)17-5-7-20(40-11-10-35)22(13-17)39-3)23-9-8-21(38-2)25(32-23)16-4-6-19(29)18(28)12-16;1-2/h4-9,12-14,35,37H,10-11,15H2,1-3H3,(H,30,36);1-2H3. The maximum atomic E-state index is 13.8. The molecule has 0 radical (unpaired) electrons. The van der Waals surface area contributed by atoms with Crippen LogP contribution in [-0.2, 0) is 12.6 Å². The number of pyridine rings is 1. The van der Waals surface area contributed by atoms with Crippen LogP contribution in [0.5, 0.6) is 17.2 Å². The number of aliphatic hydroxyl groups excluding tert-OH is 1. The number of ether oxygens (including phenoxy) is 3. The number of methoxy groups -OCH3 is 2. The molecule has 11 nitrogen and oxygen atoms in total. The number of hydrogen-bond acceptors (Lipinski definition) is 9. The second-order valence-electron chi connectivity index (χ2n) is 8.58. The molecule has 4 aromatic rings. The predicted octanol–water partition coefficient (Wildman–Crippen LogP) is 3.75. The Morgan fingerprint density at radius 3 is 2.38 bits per heavy atom. The lowest BCUT2D eigenvalue weighted by molar-refractivity contribution is 0.0631. The van der Waals surface area contributed by atoms with Gasteiger partial charge in [0.25, 0.3) is 5.91 Å². The second kappa shape index (κ2) is 14.6. The molecule has 1 atom stereocenters. The molecule has 224 valence electrons. The number of carbonyl (C=O) groups excluding carboxylic acids is 1. The van der Waals surface area contributed by atoms with Crippen molar-refractivity contribution in [2.75, 3.05) is 34.0 Å². The monoisotopic (exact) mass is 601 g/mol. The molecule has 2 aromatic heterocycles. The van der Waals surface area contributed by atoms with Gasteiger partial charge in [-0.1, -0.05) is 25.4 Å². The number of aliphatic hydroxyl groups is 2. The van der Waals surface area contributed by atoms with Crippen LogP contribution in [0.4, 0.5) is 4.39 Å². The van der Waals surface area contributed by atoms with Crippen molar-refractivity contribution in [3.8, 4) is 28.5 Å². The van der Waals surface area contributed by atoms with Gasteiger partial charge >= 0.3 is 0 Å². The van der Waals surface area contributed by atoms with E-state index in [0.717, 1.165) is 0 Å². The summed E-state index contributed by atoms with van der Waals surface area (Å²) in [7, 11) is 4.47. The van der Waals surface area contributed by atoms with Gasteiger partial charge in [-0.2, -0.15) is 15.0 Å². The third kappa shape index (κ3) is 7.14. The van der Waals surface area contributed by atoms with E-state index >= 15 is 0 Å². The number of halogens is 2. The topological polar surface area (TPSA) is 141 Å². The number of amides is 1. The van der Waals surface area contributed by atoms with Gasteiger partial charge in [0.05, 0.1) is 44.3 Å². The van der Waals surface area contributed by atoms with Gasteiger partial charge in [-0.05, 0) is 48.5 Å². The van der Waals surface area contributed by atoms with Crippen LogP contribution in [-0.4, -0.2) is 70.1 Å². The Morgan fingerprint density at radius 2 is 1.76 bits per heavy atom. The Morgan fingerprint density at radius 1 is 1.05 bits per heavy atom. The normalized spacial score (nSPS) is 12.0. The molecule has 4 rings (SSSR count). The van der Waals surface area contributed by atoms with Crippen molar-refractivity contribution in [3.05, 3.63) is 82.5 Å². The van der Waals surface area contributed by atoms with Crippen molar-refractivity contribution >= 4 is 17.5 Å². The minimum Gasteiger partial charge on any atom is -0.494 e. The molecule has 42 heavy (non-hydrogen) atoms. The maximum Gasteiger partial charge on any atom is 0.251 e. The molecule has 0 saturated carbocycles. The van der Waals surface area contributed by atoms with Crippen molar-refractivity contribution in [1.29, 1.82) is 0 Å². The van der Waals surface area contributed by atoms with E-state index in [1.807, 2.05) is 13.8 Å². The largest absolute Gasteiger partial charge is 0.494 e. The number of hydrogen-bond donors (Lipinski definition) is 3. The first kappa shape index (κ1) is 32.3. The van der Waals surface area contributed by atoms with Crippen molar-refractivity contribution < 1.29 is 33.6 Å². The zero-order chi connectivity index (χ0) is 30.9. The zero-order valence-electron chi connectivity index (χ0n) is 23.9. The number of carbonyl (C=O) groups is 1. The van der Waals surface area contributed by atoms with Crippen LogP contribution in [0.25, 0.3) is 11.3 Å². The van der Waals surface area contributed by atoms with Crippen LogP contribution in [0.3, 0.4) is 0 Å². The summed E-state index contributed by atoms with van der Waals surface area (Å²) < 4.78 is 30.0. The quantitative estimate of drug-likeness (QED) is 0.234. The van der Waals surface area contributed by atoms with Gasteiger partial charge in [0.15, 0.2) is 17.1 Å². The van der Waals surface area contributed by atoms with Crippen molar-refractivity contribution in [3.63, 3.8) is 0 Å². The number of aromatic nitrogens is 4. The van der Waals surface area contributed by atoms with Crippen molar-refractivity contribution in [1.82, 2.24) is 25.3 Å². The molecule has 0 spiro atoms. The molecule has 0 saturated heterocycles. The highest BCUT2D eigenvalue weighted by Crippen LogP contribution is 2.35. The smallest absolute Gasteiger partial charge is 0.251 e. The summed E-state index contributed by atoms with van der Waals surface area (Å²) in [6.45, 7) is 3.55. The molecule has 2 aromatic carbocycles. The number of nitrogens with zero attached hydrogens (tertiary/aromatic N) is 4. The van der Waals surface area contributed by atoms with Gasteiger partial charge in [0.2, 0.25) is 0 Å². The molecule has 0 bridgehead atoms. The first-order chi connectivity index (χ1) is 20.2. The van der Waals surface area contributed by atoms with E-state index in [4.69, 9.17) is 30.9 Å². The van der Waals surface area contributed by atoms with Crippen LogP contribution in [0.15, 0.2) is 54.7 Å².